The molecule has 3 nitrogen and oxygen atoms in total. The van der Waals surface area contributed by atoms with Gasteiger partial charge < -0.3 is 4.90 Å². The van der Waals surface area contributed by atoms with E-state index in [9.17, 15) is 4.79 Å². The minimum absolute atomic E-state index is 0.0372. The second-order valence-corrected chi connectivity index (χ2v) is 5.76. The van der Waals surface area contributed by atoms with Gasteiger partial charge in [0.05, 0.1) is 12.7 Å². The molecule has 0 aromatic rings. The quantitative estimate of drug-likeness (QED) is 0.767. The minimum Gasteiger partial charge on any atom is -0.320 e. The molecule has 1 N–H and O–H groups in total. The Kier molecular flexibility index (Phi) is 2.53. The summed E-state index contributed by atoms with van der Waals surface area (Å²) in [4.78, 5) is 14.0. The normalized spacial score (nSPS) is 27.9. The maximum atomic E-state index is 11.9. The van der Waals surface area contributed by atoms with E-state index in [0.29, 0.717) is 18.4 Å². The summed E-state index contributed by atoms with van der Waals surface area (Å²) in [7, 11) is 0. The largest absolute Gasteiger partial charge is 0.320 e. The molecule has 0 spiro atoms. The zero-order valence-corrected chi connectivity index (χ0v) is 10.2. The van der Waals surface area contributed by atoms with Crippen LogP contribution in [0.25, 0.3) is 0 Å². The van der Waals surface area contributed by atoms with E-state index >= 15 is 0 Å². The van der Waals surface area contributed by atoms with Crippen molar-refractivity contribution in [3.05, 3.63) is 0 Å². The molecule has 3 heteroatoms. The van der Waals surface area contributed by atoms with Crippen LogP contribution in [-0.4, -0.2) is 29.1 Å². The average Bonchev–Trinajstić information content (AvgIpc) is 2.89. The van der Waals surface area contributed by atoms with Gasteiger partial charge >= 0.3 is 0 Å². The Morgan fingerprint density at radius 2 is 2.00 bits per heavy atom. The van der Waals surface area contributed by atoms with Gasteiger partial charge in [0.25, 0.3) is 0 Å². The fraction of sp³-hybridized carbons (Fsp3) is 0.917. The Balaban J connectivity index is 2.19. The number of amides is 1. The second-order valence-electron chi connectivity index (χ2n) is 5.76. The van der Waals surface area contributed by atoms with Crippen LogP contribution in [0.1, 0.15) is 40.5 Å². The lowest BCUT2D eigenvalue weighted by molar-refractivity contribution is -0.135. The number of nitrogens with zero attached hydrogens (tertiary/aromatic N) is 1. The first-order valence-corrected chi connectivity index (χ1v) is 6.00. The van der Waals surface area contributed by atoms with Crippen LogP contribution in [0.5, 0.6) is 0 Å². The zero-order chi connectivity index (χ0) is 11.2. The van der Waals surface area contributed by atoms with Gasteiger partial charge in [-0.25, -0.2) is 0 Å². The van der Waals surface area contributed by atoms with Gasteiger partial charge in [0.15, 0.2) is 0 Å². The first kappa shape index (κ1) is 10.9. The second kappa shape index (κ2) is 3.48. The fourth-order valence-electron chi connectivity index (χ4n) is 2.72. The molecule has 1 unspecified atom stereocenters. The number of hydrogen-bond donors (Lipinski definition) is 1. The van der Waals surface area contributed by atoms with E-state index in [1.807, 2.05) is 0 Å². The molecule has 1 saturated carbocycles. The van der Waals surface area contributed by atoms with Crippen LogP contribution < -0.4 is 5.32 Å². The molecule has 1 heterocycles. The molecule has 86 valence electrons. The molecule has 1 aliphatic heterocycles. The number of carbonyl (C=O) groups excluding carboxylic acids is 1. The molecule has 2 aliphatic rings. The van der Waals surface area contributed by atoms with Crippen LogP contribution in [0.4, 0.5) is 0 Å². The lowest BCUT2D eigenvalue weighted by Gasteiger charge is -2.41. The summed E-state index contributed by atoms with van der Waals surface area (Å²) >= 11 is 0. The van der Waals surface area contributed by atoms with E-state index in [1.54, 1.807) is 0 Å². The van der Waals surface area contributed by atoms with Crippen LogP contribution in [0.3, 0.4) is 0 Å². The van der Waals surface area contributed by atoms with E-state index in [1.165, 1.54) is 12.8 Å². The fourth-order valence-corrected chi connectivity index (χ4v) is 2.72. The molecule has 1 amide bonds. The highest BCUT2D eigenvalue weighted by molar-refractivity contribution is 5.81. The van der Waals surface area contributed by atoms with Gasteiger partial charge in [-0.2, -0.15) is 0 Å². The van der Waals surface area contributed by atoms with E-state index in [2.05, 4.69) is 37.9 Å². The van der Waals surface area contributed by atoms with Gasteiger partial charge in [-0.05, 0) is 38.5 Å². The molecule has 2 rings (SSSR count). The third-order valence-corrected chi connectivity index (χ3v) is 3.84. The average molecular weight is 210 g/mol. The number of hydrogen-bond acceptors (Lipinski definition) is 2. The van der Waals surface area contributed by atoms with E-state index in [-0.39, 0.29) is 17.6 Å². The van der Waals surface area contributed by atoms with Crippen molar-refractivity contribution in [2.45, 2.75) is 52.2 Å². The Labute approximate surface area is 92.2 Å². The summed E-state index contributed by atoms with van der Waals surface area (Å²) in [6, 6.07) is 0. The van der Waals surface area contributed by atoms with Crippen LogP contribution in [-0.2, 0) is 4.79 Å². The van der Waals surface area contributed by atoms with Gasteiger partial charge in [-0.3, -0.25) is 10.1 Å². The van der Waals surface area contributed by atoms with Crippen LogP contribution in [0.15, 0.2) is 0 Å². The molecule has 0 bridgehead atoms. The van der Waals surface area contributed by atoms with Gasteiger partial charge in [0, 0.05) is 5.54 Å². The Hall–Kier alpha value is -0.570. The van der Waals surface area contributed by atoms with E-state index < -0.39 is 0 Å². The predicted molar refractivity (Wildman–Crippen MR) is 60.3 cm³/mol. The van der Waals surface area contributed by atoms with Crippen molar-refractivity contribution >= 4 is 5.91 Å². The third-order valence-electron chi connectivity index (χ3n) is 3.84. The van der Waals surface area contributed by atoms with Crippen LogP contribution >= 0.6 is 0 Å². The lowest BCUT2D eigenvalue weighted by atomic mass is 9.94. The number of carbonyl (C=O) groups is 1. The first-order valence-electron chi connectivity index (χ1n) is 6.00. The maximum absolute atomic E-state index is 11.9. The summed E-state index contributed by atoms with van der Waals surface area (Å²) in [5, 5.41) is 3.32. The highest BCUT2D eigenvalue weighted by atomic mass is 16.2. The van der Waals surface area contributed by atoms with E-state index in [4.69, 9.17) is 0 Å². The molecule has 1 aliphatic carbocycles. The topological polar surface area (TPSA) is 32.3 Å². The standard InChI is InChI=1S/C12H22N2O/c1-8(2)11-13-7-10(15)14(11)12(3,4)9-5-6-9/h8-9,11,13H,5-7H2,1-4H3. The Bertz CT molecular complexity index is 269. The predicted octanol–water partition coefficient (Wildman–Crippen LogP) is 1.59. The molecule has 0 aromatic carbocycles. The molecule has 2 fully saturated rings. The van der Waals surface area contributed by atoms with Crippen molar-refractivity contribution < 1.29 is 4.79 Å². The number of nitrogens with one attached hydrogen (secondary N) is 1. The van der Waals surface area contributed by atoms with Crippen molar-refractivity contribution in [1.29, 1.82) is 0 Å². The summed E-state index contributed by atoms with van der Waals surface area (Å²) in [5.41, 5.74) is 0.0372. The van der Waals surface area contributed by atoms with Crippen molar-refractivity contribution in [1.82, 2.24) is 10.2 Å². The highest BCUT2D eigenvalue weighted by Crippen LogP contribution is 2.44. The summed E-state index contributed by atoms with van der Waals surface area (Å²) in [5.74, 6) is 1.46. The monoisotopic (exact) mass is 210 g/mol. The minimum atomic E-state index is 0.0372. The summed E-state index contributed by atoms with van der Waals surface area (Å²) in [6.45, 7) is 9.29. The van der Waals surface area contributed by atoms with Crippen LogP contribution in [0, 0.1) is 11.8 Å². The summed E-state index contributed by atoms with van der Waals surface area (Å²) < 4.78 is 0. The zero-order valence-electron chi connectivity index (χ0n) is 10.2. The molecule has 1 saturated heterocycles. The summed E-state index contributed by atoms with van der Waals surface area (Å²) in [6.07, 6.45) is 2.79. The van der Waals surface area contributed by atoms with Crippen molar-refractivity contribution in [2.24, 2.45) is 11.8 Å². The van der Waals surface area contributed by atoms with Crippen LogP contribution in [0.2, 0.25) is 0 Å². The SMILES string of the molecule is CC(C)C1NCC(=O)N1C(C)(C)C1CC1. The van der Waals surface area contributed by atoms with Crippen molar-refractivity contribution in [3.63, 3.8) is 0 Å². The third kappa shape index (κ3) is 1.78. The molecule has 0 aromatic heterocycles. The van der Waals surface area contributed by atoms with Gasteiger partial charge in [0.2, 0.25) is 5.91 Å². The Morgan fingerprint density at radius 3 is 2.47 bits per heavy atom. The van der Waals surface area contributed by atoms with Crippen molar-refractivity contribution in [2.75, 3.05) is 6.54 Å². The molecular weight excluding hydrogens is 188 g/mol. The van der Waals surface area contributed by atoms with Gasteiger partial charge in [0.1, 0.15) is 0 Å². The lowest BCUT2D eigenvalue weighted by Crippen LogP contribution is -2.54. The van der Waals surface area contributed by atoms with Crippen molar-refractivity contribution in [3.8, 4) is 0 Å². The molecule has 0 radical (unpaired) electrons. The molecule has 15 heavy (non-hydrogen) atoms. The number of rotatable bonds is 3. The molecular formula is C12H22N2O. The van der Waals surface area contributed by atoms with Gasteiger partial charge in [-0.1, -0.05) is 13.8 Å². The molecule has 1 atom stereocenters. The first-order chi connectivity index (χ1) is 6.94. The smallest absolute Gasteiger partial charge is 0.238 e. The maximum Gasteiger partial charge on any atom is 0.238 e. The highest BCUT2D eigenvalue weighted by Gasteiger charge is 2.49. The van der Waals surface area contributed by atoms with Gasteiger partial charge in [-0.15, -0.1) is 0 Å². The Morgan fingerprint density at radius 1 is 1.40 bits per heavy atom. The van der Waals surface area contributed by atoms with E-state index in [0.717, 1.165) is 0 Å².